The average molecular weight is 350 g/mol. The molecule has 2 aromatic rings. The molecule has 0 fully saturated rings. The summed E-state index contributed by atoms with van der Waals surface area (Å²) in [5.74, 6) is -1.09. The first-order chi connectivity index (χ1) is 12.6. The number of rotatable bonds is 5. The molecule has 0 saturated carbocycles. The average Bonchev–Trinajstić information content (AvgIpc) is 2.68. The highest BCUT2D eigenvalue weighted by Gasteiger charge is 2.36. The van der Waals surface area contributed by atoms with E-state index in [0.29, 0.717) is 11.1 Å². The maximum atomic E-state index is 13.2. The third-order valence-corrected chi connectivity index (χ3v) is 3.97. The molecule has 3 rings (SSSR count). The summed E-state index contributed by atoms with van der Waals surface area (Å²) in [6.45, 7) is 1.79. The number of amides is 2. The van der Waals surface area contributed by atoms with Crippen LogP contribution in [0.5, 0.6) is 0 Å². The van der Waals surface area contributed by atoms with Crippen molar-refractivity contribution in [3.05, 3.63) is 83.1 Å². The number of urea groups is 1. The summed E-state index contributed by atoms with van der Waals surface area (Å²) in [6.07, 6.45) is 0. The second-order valence-corrected chi connectivity index (χ2v) is 5.65. The normalized spacial score (nSPS) is 16.5. The van der Waals surface area contributed by atoms with Gasteiger partial charge in [0.1, 0.15) is 5.70 Å². The molecule has 0 aromatic heterocycles. The molecule has 2 aromatic carbocycles. The van der Waals surface area contributed by atoms with Crippen LogP contribution in [0.2, 0.25) is 0 Å². The second kappa shape index (κ2) is 7.65. The van der Waals surface area contributed by atoms with Gasteiger partial charge in [0.05, 0.1) is 18.2 Å². The first kappa shape index (κ1) is 17.4. The van der Waals surface area contributed by atoms with E-state index in [2.05, 4.69) is 10.6 Å². The first-order valence-electron chi connectivity index (χ1n) is 8.25. The molecule has 132 valence electrons. The molecule has 1 aliphatic heterocycles. The molecule has 6 nitrogen and oxygen atoms in total. The van der Waals surface area contributed by atoms with E-state index in [-0.39, 0.29) is 23.7 Å². The van der Waals surface area contributed by atoms with Crippen LogP contribution in [0.1, 0.15) is 28.9 Å². The van der Waals surface area contributed by atoms with Crippen LogP contribution >= 0.6 is 0 Å². The number of carbonyl (C=O) groups excluding carboxylic acids is 3. The van der Waals surface area contributed by atoms with Gasteiger partial charge in [0.2, 0.25) is 0 Å². The Morgan fingerprint density at radius 3 is 2.23 bits per heavy atom. The minimum absolute atomic E-state index is 0.127. The van der Waals surface area contributed by atoms with Gasteiger partial charge in [-0.05, 0) is 12.5 Å². The smallest absolute Gasteiger partial charge is 0.355 e. The SMILES string of the molecule is CCOC(=O)C1=C(C(=O)c2ccccc2)[C@@H](c2ccccc2)NC(=O)N1. The van der Waals surface area contributed by atoms with Gasteiger partial charge in [-0.15, -0.1) is 0 Å². The van der Waals surface area contributed by atoms with Crippen LogP contribution in [-0.2, 0) is 9.53 Å². The molecule has 0 radical (unpaired) electrons. The van der Waals surface area contributed by atoms with Crippen LogP contribution in [-0.4, -0.2) is 24.4 Å². The molecule has 2 amide bonds. The lowest BCUT2D eigenvalue weighted by Crippen LogP contribution is -2.47. The summed E-state index contributed by atoms with van der Waals surface area (Å²) >= 11 is 0. The van der Waals surface area contributed by atoms with E-state index in [1.54, 1.807) is 61.5 Å². The molecule has 2 N–H and O–H groups in total. The van der Waals surface area contributed by atoms with Gasteiger partial charge >= 0.3 is 12.0 Å². The quantitative estimate of drug-likeness (QED) is 0.641. The lowest BCUT2D eigenvalue weighted by atomic mass is 9.89. The van der Waals surface area contributed by atoms with E-state index in [9.17, 15) is 14.4 Å². The summed E-state index contributed by atoms with van der Waals surface area (Å²) in [5.41, 5.74) is 1.14. The van der Waals surface area contributed by atoms with Gasteiger partial charge in [-0.3, -0.25) is 4.79 Å². The molecule has 0 unspecified atom stereocenters. The van der Waals surface area contributed by atoms with Crippen molar-refractivity contribution in [2.24, 2.45) is 0 Å². The monoisotopic (exact) mass is 350 g/mol. The van der Waals surface area contributed by atoms with E-state index >= 15 is 0 Å². The zero-order valence-electron chi connectivity index (χ0n) is 14.2. The topological polar surface area (TPSA) is 84.5 Å². The zero-order valence-corrected chi connectivity index (χ0v) is 14.2. The van der Waals surface area contributed by atoms with Crippen molar-refractivity contribution in [1.29, 1.82) is 0 Å². The van der Waals surface area contributed by atoms with Crippen molar-refractivity contribution in [1.82, 2.24) is 10.6 Å². The van der Waals surface area contributed by atoms with E-state index < -0.39 is 18.0 Å². The van der Waals surface area contributed by atoms with E-state index in [4.69, 9.17) is 4.74 Å². The minimum Gasteiger partial charge on any atom is -0.461 e. The molecular formula is C20H18N2O4. The van der Waals surface area contributed by atoms with Crippen molar-refractivity contribution in [2.45, 2.75) is 13.0 Å². The summed E-state index contributed by atoms with van der Waals surface area (Å²) in [6, 6.07) is 16.3. The van der Waals surface area contributed by atoms with Crippen LogP contribution in [0.4, 0.5) is 4.79 Å². The summed E-state index contributed by atoms with van der Waals surface area (Å²) in [5, 5.41) is 5.16. The van der Waals surface area contributed by atoms with E-state index in [1.165, 1.54) is 0 Å². The highest BCUT2D eigenvalue weighted by atomic mass is 16.5. The second-order valence-electron chi connectivity index (χ2n) is 5.65. The molecule has 0 saturated heterocycles. The van der Waals surface area contributed by atoms with Crippen LogP contribution in [0.15, 0.2) is 71.9 Å². The molecule has 0 aliphatic carbocycles. The van der Waals surface area contributed by atoms with Crippen LogP contribution in [0, 0.1) is 0 Å². The molecule has 1 heterocycles. The number of ether oxygens (including phenoxy) is 1. The number of carbonyl (C=O) groups is 3. The largest absolute Gasteiger partial charge is 0.461 e. The molecular weight excluding hydrogens is 332 g/mol. The highest BCUT2D eigenvalue weighted by Crippen LogP contribution is 2.29. The zero-order chi connectivity index (χ0) is 18.5. The van der Waals surface area contributed by atoms with E-state index in [0.717, 1.165) is 0 Å². The van der Waals surface area contributed by atoms with Crippen LogP contribution in [0.25, 0.3) is 0 Å². The molecule has 0 bridgehead atoms. The fourth-order valence-electron chi connectivity index (χ4n) is 2.81. The van der Waals surface area contributed by atoms with Gasteiger partial charge in [0.15, 0.2) is 5.78 Å². The Kier molecular flexibility index (Phi) is 5.12. The number of benzene rings is 2. The summed E-state index contributed by atoms with van der Waals surface area (Å²) < 4.78 is 5.04. The van der Waals surface area contributed by atoms with Gasteiger partial charge in [-0.1, -0.05) is 60.7 Å². The third kappa shape index (κ3) is 3.49. The number of ketones is 1. The predicted octanol–water partition coefficient (Wildman–Crippen LogP) is 2.74. The Morgan fingerprint density at radius 1 is 1.00 bits per heavy atom. The molecule has 1 atom stereocenters. The Balaban J connectivity index is 2.16. The van der Waals surface area contributed by atoms with Gasteiger partial charge in [-0.2, -0.15) is 0 Å². The van der Waals surface area contributed by atoms with Crippen LogP contribution < -0.4 is 10.6 Å². The standard InChI is InChI=1S/C20H18N2O4/c1-2-26-19(24)17-15(18(23)14-11-7-4-8-12-14)16(21-20(25)22-17)13-9-5-3-6-10-13/h3-12,16H,2H2,1H3,(H2,21,22,25)/t16-/m1/s1. The Labute approximate surface area is 150 Å². The van der Waals surface area contributed by atoms with Crippen molar-refractivity contribution in [2.75, 3.05) is 6.61 Å². The maximum absolute atomic E-state index is 13.2. The van der Waals surface area contributed by atoms with Crippen molar-refractivity contribution >= 4 is 17.8 Å². The van der Waals surface area contributed by atoms with Crippen molar-refractivity contribution in [3.63, 3.8) is 0 Å². The Morgan fingerprint density at radius 2 is 1.62 bits per heavy atom. The summed E-state index contributed by atoms with van der Waals surface area (Å²) in [4.78, 5) is 37.6. The predicted molar refractivity (Wildman–Crippen MR) is 95.3 cm³/mol. The lowest BCUT2D eigenvalue weighted by molar-refractivity contribution is -0.139. The number of nitrogens with one attached hydrogen (secondary N) is 2. The fourth-order valence-corrected chi connectivity index (χ4v) is 2.81. The molecule has 6 heteroatoms. The lowest BCUT2D eigenvalue weighted by Gasteiger charge is -2.29. The molecule has 26 heavy (non-hydrogen) atoms. The number of Topliss-reactive ketones (excluding diaryl/α,β-unsaturated/α-hetero) is 1. The molecule has 1 aliphatic rings. The fraction of sp³-hybridized carbons (Fsp3) is 0.150. The highest BCUT2D eigenvalue weighted by molar-refractivity contribution is 6.15. The Hall–Kier alpha value is -3.41. The van der Waals surface area contributed by atoms with Gasteiger partial charge in [-0.25, -0.2) is 9.59 Å². The van der Waals surface area contributed by atoms with Gasteiger partial charge in [0, 0.05) is 5.56 Å². The minimum atomic E-state index is -0.753. The Bertz CT molecular complexity index is 860. The number of esters is 1. The molecule has 0 spiro atoms. The summed E-state index contributed by atoms with van der Waals surface area (Å²) in [7, 11) is 0. The van der Waals surface area contributed by atoms with Gasteiger partial charge in [0.25, 0.3) is 0 Å². The van der Waals surface area contributed by atoms with Crippen molar-refractivity contribution in [3.8, 4) is 0 Å². The number of hydrogen-bond acceptors (Lipinski definition) is 4. The van der Waals surface area contributed by atoms with Crippen molar-refractivity contribution < 1.29 is 19.1 Å². The maximum Gasteiger partial charge on any atom is 0.355 e. The van der Waals surface area contributed by atoms with Gasteiger partial charge < -0.3 is 15.4 Å². The number of hydrogen-bond donors (Lipinski definition) is 2. The van der Waals surface area contributed by atoms with Crippen LogP contribution in [0.3, 0.4) is 0 Å². The third-order valence-electron chi connectivity index (χ3n) is 3.97. The van der Waals surface area contributed by atoms with E-state index in [1.807, 2.05) is 6.07 Å². The first-order valence-corrected chi connectivity index (χ1v) is 8.25.